The maximum atomic E-state index is 13.2. The number of nitrogens with zero attached hydrogens (tertiary/aromatic N) is 1. The minimum atomic E-state index is -0.380. The molecule has 1 N–H and O–H groups in total. The largest absolute Gasteiger partial charge is 0.465 e. The van der Waals surface area contributed by atoms with E-state index in [9.17, 15) is 9.59 Å². The van der Waals surface area contributed by atoms with Crippen molar-refractivity contribution in [3.8, 4) is 0 Å². The Morgan fingerprint density at radius 2 is 1.72 bits per heavy atom. The zero-order valence-corrected chi connectivity index (χ0v) is 18.5. The summed E-state index contributed by atoms with van der Waals surface area (Å²) < 4.78 is 6.87. The summed E-state index contributed by atoms with van der Waals surface area (Å²) in [5, 5.41) is 4.12. The monoisotopic (exact) mass is 426 g/mol. The van der Waals surface area contributed by atoms with E-state index in [-0.39, 0.29) is 17.9 Å². The predicted octanol–water partition coefficient (Wildman–Crippen LogP) is 5.28. The molecule has 0 spiro atoms. The number of esters is 1. The van der Waals surface area contributed by atoms with Crippen molar-refractivity contribution < 1.29 is 14.3 Å². The number of hydrogen-bond acceptors (Lipinski definition) is 3. The van der Waals surface area contributed by atoms with Crippen LogP contribution in [0.5, 0.6) is 0 Å². The van der Waals surface area contributed by atoms with Crippen LogP contribution in [0.3, 0.4) is 0 Å². The number of carbonyl (C=O) groups excluding carboxylic acids is 2. The van der Waals surface area contributed by atoms with Crippen LogP contribution >= 0.6 is 0 Å². The van der Waals surface area contributed by atoms with Gasteiger partial charge in [-0.15, -0.1) is 0 Å². The first-order chi connectivity index (χ1) is 15.5. The van der Waals surface area contributed by atoms with E-state index in [1.165, 1.54) is 18.2 Å². The lowest BCUT2D eigenvalue weighted by atomic mass is 10.0. The number of hydrogen-bond donors (Lipinski definition) is 1. The molecule has 1 amide bonds. The highest BCUT2D eigenvalue weighted by Crippen LogP contribution is 2.23. The third kappa shape index (κ3) is 4.28. The van der Waals surface area contributed by atoms with Crippen LogP contribution in [0.4, 0.5) is 0 Å². The lowest BCUT2D eigenvalue weighted by Gasteiger charge is -2.16. The second kappa shape index (κ2) is 9.10. The second-order valence-electron chi connectivity index (χ2n) is 7.92. The molecule has 0 aliphatic heterocycles. The van der Waals surface area contributed by atoms with E-state index in [2.05, 4.69) is 28.9 Å². The van der Waals surface area contributed by atoms with E-state index in [0.29, 0.717) is 17.7 Å². The van der Waals surface area contributed by atoms with E-state index in [1.807, 2.05) is 61.7 Å². The van der Waals surface area contributed by atoms with E-state index < -0.39 is 0 Å². The van der Waals surface area contributed by atoms with Crippen molar-refractivity contribution in [2.75, 3.05) is 7.11 Å². The molecule has 4 rings (SSSR count). The average molecular weight is 427 g/mol. The summed E-state index contributed by atoms with van der Waals surface area (Å²) >= 11 is 0. The Balaban J connectivity index is 1.59. The van der Waals surface area contributed by atoms with Gasteiger partial charge >= 0.3 is 5.97 Å². The number of fused-ring (bicyclic) bond motifs is 1. The fourth-order valence-electron chi connectivity index (χ4n) is 3.93. The highest BCUT2D eigenvalue weighted by molar-refractivity contribution is 6.06. The molecule has 32 heavy (non-hydrogen) atoms. The van der Waals surface area contributed by atoms with Gasteiger partial charge in [0.25, 0.3) is 5.91 Å². The molecule has 0 aliphatic rings. The molecule has 3 aromatic carbocycles. The molecule has 5 nitrogen and oxygen atoms in total. The minimum absolute atomic E-state index is 0.134. The van der Waals surface area contributed by atoms with Gasteiger partial charge in [0.1, 0.15) is 0 Å². The van der Waals surface area contributed by atoms with Crippen molar-refractivity contribution in [2.45, 2.75) is 26.4 Å². The van der Waals surface area contributed by atoms with Gasteiger partial charge in [-0.1, -0.05) is 48.5 Å². The van der Waals surface area contributed by atoms with Gasteiger partial charge in [0.05, 0.1) is 29.8 Å². The number of nitrogens with one attached hydrogen (secondary N) is 1. The summed E-state index contributed by atoms with van der Waals surface area (Å²) in [6, 6.07) is 23.0. The molecule has 0 radical (unpaired) electrons. The van der Waals surface area contributed by atoms with Crippen molar-refractivity contribution in [3.63, 3.8) is 0 Å². The molecule has 0 saturated carbocycles. The second-order valence-corrected chi connectivity index (χ2v) is 7.92. The van der Waals surface area contributed by atoms with Crippen LogP contribution in [0.2, 0.25) is 0 Å². The van der Waals surface area contributed by atoms with Gasteiger partial charge in [-0.25, -0.2) is 4.79 Å². The SMILES string of the molecule is COC(=O)c1ccc([C@H](C)NC(=O)c2cccc3ccn(Cc4ccccc4C)c23)cc1. The van der Waals surface area contributed by atoms with Crippen LogP contribution in [0.15, 0.2) is 79.0 Å². The standard InChI is InChI=1S/C27H26N2O3/c1-18-7-4-5-8-23(18)17-29-16-15-21-9-6-10-24(25(21)29)26(30)28-19(2)20-11-13-22(14-12-20)27(31)32-3/h4-16,19H,17H2,1-3H3,(H,28,30)/t19-/m0/s1. The summed E-state index contributed by atoms with van der Waals surface area (Å²) in [6.07, 6.45) is 2.03. The van der Waals surface area contributed by atoms with Gasteiger partial charge in [0.15, 0.2) is 0 Å². The molecule has 0 unspecified atom stereocenters. The number of benzene rings is 3. The van der Waals surface area contributed by atoms with Gasteiger partial charge in [-0.05, 0) is 54.8 Å². The molecule has 4 aromatic rings. The van der Waals surface area contributed by atoms with E-state index in [0.717, 1.165) is 16.5 Å². The summed E-state index contributed by atoms with van der Waals surface area (Å²) in [7, 11) is 1.36. The Labute approximate surface area is 187 Å². The molecule has 162 valence electrons. The molecule has 0 bridgehead atoms. The molecule has 0 fully saturated rings. The smallest absolute Gasteiger partial charge is 0.337 e. The highest BCUT2D eigenvalue weighted by atomic mass is 16.5. The Morgan fingerprint density at radius 1 is 0.969 bits per heavy atom. The summed E-state index contributed by atoms with van der Waals surface area (Å²) in [6.45, 7) is 4.73. The Hall–Kier alpha value is -3.86. The molecule has 1 heterocycles. The van der Waals surface area contributed by atoms with Gasteiger partial charge in [-0.3, -0.25) is 4.79 Å². The molecule has 1 aromatic heterocycles. The van der Waals surface area contributed by atoms with Crippen LogP contribution in [0.1, 0.15) is 50.4 Å². The number of amides is 1. The number of ether oxygens (including phenoxy) is 1. The van der Waals surface area contributed by atoms with Crippen molar-refractivity contribution in [1.82, 2.24) is 9.88 Å². The maximum Gasteiger partial charge on any atom is 0.337 e. The quantitative estimate of drug-likeness (QED) is 0.427. The predicted molar refractivity (Wildman–Crippen MR) is 126 cm³/mol. The number of methoxy groups -OCH3 is 1. The van der Waals surface area contributed by atoms with Crippen molar-refractivity contribution in [1.29, 1.82) is 0 Å². The zero-order chi connectivity index (χ0) is 22.7. The molecular weight excluding hydrogens is 400 g/mol. The van der Waals surface area contributed by atoms with Crippen LogP contribution in [0.25, 0.3) is 10.9 Å². The van der Waals surface area contributed by atoms with E-state index in [4.69, 9.17) is 4.74 Å². The van der Waals surface area contributed by atoms with Crippen molar-refractivity contribution in [2.24, 2.45) is 0 Å². The normalized spacial score (nSPS) is 11.8. The lowest BCUT2D eigenvalue weighted by molar-refractivity contribution is 0.0600. The first kappa shape index (κ1) is 21.4. The summed E-state index contributed by atoms with van der Waals surface area (Å²) in [5.41, 5.74) is 5.39. The summed E-state index contributed by atoms with van der Waals surface area (Å²) in [5.74, 6) is -0.515. The molecule has 5 heteroatoms. The minimum Gasteiger partial charge on any atom is -0.465 e. The zero-order valence-electron chi connectivity index (χ0n) is 18.5. The Kier molecular flexibility index (Phi) is 6.08. The fourth-order valence-corrected chi connectivity index (χ4v) is 3.93. The Bertz CT molecular complexity index is 1270. The number of aromatic nitrogens is 1. The van der Waals surface area contributed by atoms with Crippen molar-refractivity contribution >= 4 is 22.8 Å². The fraction of sp³-hybridized carbons (Fsp3) is 0.185. The Morgan fingerprint density at radius 3 is 2.44 bits per heavy atom. The first-order valence-electron chi connectivity index (χ1n) is 10.6. The number of para-hydroxylation sites is 1. The third-order valence-corrected chi connectivity index (χ3v) is 5.81. The van der Waals surface area contributed by atoms with Crippen molar-refractivity contribution in [3.05, 3.63) is 107 Å². The lowest BCUT2D eigenvalue weighted by Crippen LogP contribution is -2.27. The van der Waals surface area contributed by atoms with E-state index in [1.54, 1.807) is 12.1 Å². The van der Waals surface area contributed by atoms with Crippen LogP contribution in [-0.2, 0) is 11.3 Å². The molecule has 1 atom stereocenters. The maximum absolute atomic E-state index is 13.2. The van der Waals surface area contributed by atoms with Crippen LogP contribution in [-0.4, -0.2) is 23.6 Å². The van der Waals surface area contributed by atoms with Gasteiger partial charge in [-0.2, -0.15) is 0 Å². The molecule has 0 aliphatic carbocycles. The number of carbonyl (C=O) groups is 2. The van der Waals surface area contributed by atoms with Crippen LogP contribution < -0.4 is 5.32 Å². The third-order valence-electron chi connectivity index (χ3n) is 5.81. The first-order valence-corrected chi connectivity index (χ1v) is 10.6. The van der Waals surface area contributed by atoms with E-state index >= 15 is 0 Å². The summed E-state index contributed by atoms with van der Waals surface area (Å²) in [4.78, 5) is 24.9. The highest BCUT2D eigenvalue weighted by Gasteiger charge is 2.17. The molecule has 0 saturated heterocycles. The number of aryl methyl sites for hydroxylation is 1. The van der Waals surface area contributed by atoms with Gasteiger partial charge in [0.2, 0.25) is 0 Å². The topological polar surface area (TPSA) is 60.3 Å². The van der Waals surface area contributed by atoms with Crippen LogP contribution in [0, 0.1) is 6.92 Å². The van der Waals surface area contributed by atoms with Gasteiger partial charge in [0, 0.05) is 18.1 Å². The average Bonchev–Trinajstić information content (AvgIpc) is 3.23. The van der Waals surface area contributed by atoms with Gasteiger partial charge < -0.3 is 14.6 Å². The molecular formula is C27H26N2O3. The number of rotatable bonds is 6.